The van der Waals surface area contributed by atoms with E-state index in [9.17, 15) is 0 Å². The highest BCUT2D eigenvalue weighted by atomic mass is 15.1. The average Bonchev–Trinajstić information content (AvgIpc) is 2.15. The molecular weight excluding hydrogens is 158 g/mol. The van der Waals surface area contributed by atoms with Crippen LogP contribution in [0.15, 0.2) is 0 Å². The SMILES string of the molecule is CC.CCCCN(CC)CC(C)C. The molecule has 13 heavy (non-hydrogen) atoms. The van der Waals surface area contributed by atoms with Crippen molar-refractivity contribution in [1.29, 1.82) is 0 Å². The molecule has 0 spiro atoms. The number of unbranched alkanes of at least 4 members (excludes halogenated alkanes) is 1. The summed E-state index contributed by atoms with van der Waals surface area (Å²) in [4.78, 5) is 2.54. The van der Waals surface area contributed by atoms with E-state index < -0.39 is 0 Å². The molecule has 0 aliphatic rings. The Labute approximate surface area is 85.5 Å². The molecule has 1 nitrogen and oxygen atoms in total. The standard InChI is InChI=1S/C10H23N.C2H6/c1-5-7-8-11(6-2)9-10(3)4;1-2/h10H,5-9H2,1-4H3;1-2H3. The topological polar surface area (TPSA) is 3.24 Å². The Balaban J connectivity index is 0. The Morgan fingerprint density at radius 2 is 1.62 bits per heavy atom. The van der Waals surface area contributed by atoms with Crippen LogP contribution < -0.4 is 0 Å². The number of nitrogens with zero attached hydrogens (tertiary/aromatic N) is 1. The van der Waals surface area contributed by atoms with Crippen LogP contribution in [-0.2, 0) is 0 Å². The second kappa shape index (κ2) is 12.0. The highest BCUT2D eigenvalue weighted by molar-refractivity contribution is 4.57. The Morgan fingerprint density at radius 1 is 1.08 bits per heavy atom. The van der Waals surface area contributed by atoms with E-state index in [2.05, 4.69) is 32.6 Å². The van der Waals surface area contributed by atoms with Gasteiger partial charge in [-0.2, -0.15) is 0 Å². The van der Waals surface area contributed by atoms with Gasteiger partial charge in [0, 0.05) is 6.54 Å². The molecule has 0 atom stereocenters. The molecule has 0 fully saturated rings. The van der Waals surface area contributed by atoms with E-state index in [1.807, 2.05) is 13.8 Å². The van der Waals surface area contributed by atoms with Gasteiger partial charge in [-0.3, -0.25) is 0 Å². The zero-order valence-electron chi connectivity index (χ0n) is 10.6. The third-order valence-corrected chi connectivity index (χ3v) is 1.90. The Morgan fingerprint density at radius 3 is 1.92 bits per heavy atom. The quantitative estimate of drug-likeness (QED) is 0.611. The Kier molecular flexibility index (Phi) is 14.2. The first-order chi connectivity index (χ1) is 6.20. The molecule has 0 aliphatic carbocycles. The summed E-state index contributed by atoms with van der Waals surface area (Å²) in [7, 11) is 0. The van der Waals surface area contributed by atoms with Gasteiger partial charge < -0.3 is 4.90 Å². The van der Waals surface area contributed by atoms with Crippen molar-refractivity contribution in [3.8, 4) is 0 Å². The molecule has 0 radical (unpaired) electrons. The van der Waals surface area contributed by atoms with Crippen molar-refractivity contribution in [3.63, 3.8) is 0 Å². The first-order valence-electron chi connectivity index (χ1n) is 5.93. The number of hydrogen-bond acceptors (Lipinski definition) is 1. The lowest BCUT2D eigenvalue weighted by atomic mass is 10.2. The first-order valence-corrected chi connectivity index (χ1v) is 5.93. The Bertz CT molecular complexity index is 79.2. The maximum absolute atomic E-state index is 2.54. The number of rotatable bonds is 6. The van der Waals surface area contributed by atoms with E-state index >= 15 is 0 Å². The molecule has 0 aromatic carbocycles. The van der Waals surface area contributed by atoms with Gasteiger partial charge in [-0.25, -0.2) is 0 Å². The minimum Gasteiger partial charge on any atom is -0.303 e. The molecule has 0 aromatic rings. The lowest BCUT2D eigenvalue weighted by Gasteiger charge is -2.21. The molecule has 0 saturated carbocycles. The number of hydrogen-bond donors (Lipinski definition) is 0. The van der Waals surface area contributed by atoms with Gasteiger partial charge in [-0.05, 0) is 25.4 Å². The molecule has 0 rings (SSSR count). The van der Waals surface area contributed by atoms with E-state index in [1.54, 1.807) is 0 Å². The average molecular weight is 187 g/mol. The largest absolute Gasteiger partial charge is 0.303 e. The predicted octanol–water partition coefficient (Wildman–Crippen LogP) is 3.79. The summed E-state index contributed by atoms with van der Waals surface area (Å²) >= 11 is 0. The van der Waals surface area contributed by atoms with Gasteiger partial charge in [0.2, 0.25) is 0 Å². The lowest BCUT2D eigenvalue weighted by molar-refractivity contribution is 0.253. The fourth-order valence-electron chi connectivity index (χ4n) is 1.28. The molecule has 0 aliphatic heterocycles. The molecule has 0 amide bonds. The van der Waals surface area contributed by atoms with Crippen molar-refractivity contribution < 1.29 is 0 Å². The fourth-order valence-corrected chi connectivity index (χ4v) is 1.28. The van der Waals surface area contributed by atoms with Crippen molar-refractivity contribution in [3.05, 3.63) is 0 Å². The molecule has 0 saturated heterocycles. The summed E-state index contributed by atoms with van der Waals surface area (Å²) < 4.78 is 0. The van der Waals surface area contributed by atoms with Gasteiger partial charge in [0.05, 0.1) is 0 Å². The minimum absolute atomic E-state index is 0.812. The maximum atomic E-state index is 2.54. The van der Waals surface area contributed by atoms with E-state index in [0.717, 1.165) is 5.92 Å². The summed E-state index contributed by atoms with van der Waals surface area (Å²) in [6, 6.07) is 0. The van der Waals surface area contributed by atoms with Crippen molar-refractivity contribution in [2.75, 3.05) is 19.6 Å². The van der Waals surface area contributed by atoms with Crippen LogP contribution in [0.4, 0.5) is 0 Å². The summed E-state index contributed by atoms with van der Waals surface area (Å²) in [5.41, 5.74) is 0. The second-order valence-electron chi connectivity index (χ2n) is 3.64. The first kappa shape index (κ1) is 15.4. The minimum atomic E-state index is 0.812. The monoisotopic (exact) mass is 187 g/mol. The van der Waals surface area contributed by atoms with Crippen LogP contribution in [0.2, 0.25) is 0 Å². The smallest absolute Gasteiger partial charge is 0.000427 e. The van der Waals surface area contributed by atoms with Crippen molar-refractivity contribution in [2.45, 2.75) is 54.4 Å². The second-order valence-corrected chi connectivity index (χ2v) is 3.64. The van der Waals surface area contributed by atoms with Crippen LogP contribution in [-0.4, -0.2) is 24.5 Å². The summed E-state index contributed by atoms with van der Waals surface area (Å²) in [5, 5.41) is 0. The van der Waals surface area contributed by atoms with Gasteiger partial charge in [0.1, 0.15) is 0 Å². The molecule has 0 bridgehead atoms. The van der Waals surface area contributed by atoms with Crippen LogP contribution in [0.3, 0.4) is 0 Å². The zero-order chi connectivity index (χ0) is 10.7. The van der Waals surface area contributed by atoms with Crippen LogP contribution in [0.25, 0.3) is 0 Å². The summed E-state index contributed by atoms with van der Waals surface area (Å²) in [5.74, 6) is 0.812. The van der Waals surface area contributed by atoms with Crippen molar-refractivity contribution in [2.24, 2.45) is 5.92 Å². The van der Waals surface area contributed by atoms with Gasteiger partial charge in [0.15, 0.2) is 0 Å². The van der Waals surface area contributed by atoms with E-state index in [-0.39, 0.29) is 0 Å². The molecule has 82 valence electrons. The zero-order valence-corrected chi connectivity index (χ0v) is 10.6. The molecule has 0 N–H and O–H groups in total. The maximum Gasteiger partial charge on any atom is 0.000427 e. The van der Waals surface area contributed by atoms with E-state index in [0.29, 0.717) is 0 Å². The van der Waals surface area contributed by atoms with Crippen LogP contribution >= 0.6 is 0 Å². The van der Waals surface area contributed by atoms with Crippen molar-refractivity contribution in [1.82, 2.24) is 4.90 Å². The normalized spacial score (nSPS) is 10.2. The summed E-state index contributed by atoms with van der Waals surface area (Å²) in [6.07, 6.45) is 2.66. The molecule has 0 unspecified atom stereocenters. The van der Waals surface area contributed by atoms with Crippen LogP contribution in [0, 0.1) is 5.92 Å². The van der Waals surface area contributed by atoms with E-state index in [4.69, 9.17) is 0 Å². The Hall–Kier alpha value is -0.0400. The summed E-state index contributed by atoms with van der Waals surface area (Å²) in [6.45, 7) is 16.8. The van der Waals surface area contributed by atoms with Gasteiger partial charge in [-0.1, -0.05) is 48.0 Å². The van der Waals surface area contributed by atoms with Crippen molar-refractivity contribution >= 4 is 0 Å². The molecular formula is C12H29N. The lowest BCUT2D eigenvalue weighted by Crippen LogP contribution is -2.28. The van der Waals surface area contributed by atoms with Gasteiger partial charge in [0.25, 0.3) is 0 Å². The van der Waals surface area contributed by atoms with Crippen LogP contribution in [0.5, 0.6) is 0 Å². The predicted molar refractivity (Wildman–Crippen MR) is 63.2 cm³/mol. The molecule has 0 aromatic heterocycles. The van der Waals surface area contributed by atoms with Gasteiger partial charge >= 0.3 is 0 Å². The third kappa shape index (κ3) is 12.0. The third-order valence-electron chi connectivity index (χ3n) is 1.90. The highest BCUT2D eigenvalue weighted by Crippen LogP contribution is 2.00. The molecule has 1 heteroatoms. The van der Waals surface area contributed by atoms with E-state index in [1.165, 1.54) is 32.5 Å². The molecule has 0 heterocycles. The fraction of sp³-hybridized carbons (Fsp3) is 1.00. The highest BCUT2D eigenvalue weighted by Gasteiger charge is 2.02. The van der Waals surface area contributed by atoms with Gasteiger partial charge in [-0.15, -0.1) is 0 Å². The van der Waals surface area contributed by atoms with Crippen LogP contribution in [0.1, 0.15) is 54.4 Å².